The van der Waals surface area contributed by atoms with Gasteiger partial charge in [0.1, 0.15) is 34.3 Å². The third-order valence-electron chi connectivity index (χ3n) is 5.17. The van der Waals surface area contributed by atoms with Gasteiger partial charge in [0.25, 0.3) is 0 Å². The van der Waals surface area contributed by atoms with Crippen molar-refractivity contribution in [1.82, 2.24) is 0 Å². The number of Topliss-reactive ketones (excluding diaryl/α,β-unsaturated/α-hetero) is 1. The molecule has 6 nitrogen and oxygen atoms in total. The fourth-order valence-corrected chi connectivity index (χ4v) is 3.63. The van der Waals surface area contributed by atoms with E-state index in [4.69, 9.17) is 4.74 Å². The third kappa shape index (κ3) is 3.33. The van der Waals surface area contributed by atoms with Crippen LogP contribution in [0.25, 0.3) is 0 Å². The number of fused-ring (bicyclic) bond motifs is 1. The molecule has 29 heavy (non-hydrogen) atoms. The number of hydrogen-bond donors (Lipinski definition) is 4. The maximum atomic E-state index is 12.5. The molecule has 1 heterocycles. The molecule has 1 aliphatic heterocycles. The van der Waals surface area contributed by atoms with Crippen LogP contribution < -0.4 is 4.74 Å². The van der Waals surface area contributed by atoms with E-state index in [2.05, 4.69) is 0 Å². The summed E-state index contributed by atoms with van der Waals surface area (Å²) in [6, 6.07) is 13.3. The van der Waals surface area contributed by atoms with Gasteiger partial charge in [-0.2, -0.15) is 0 Å². The van der Waals surface area contributed by atoms with Gasteiger partial charge in [0.05, 0.1) is 6.61 Å². The number of carbonyl (C=O) groups is 1. The Morgan fingerprint density at radius 2 is 1.31 bits per heavy atom. The molecule has 4 rings (SSSR count). The zero-order valence-corrected chi connectivity index (χ0v) is 15.6. The predicted octanol–water partition coefficient (Wildman–Crippen LogP) is 3.66. The lowest BCUT2D eigenvalue weighted by Crippen LogP contribution is -2.18. The summed E-state index contributed by atoms with van der Waals surface area (Å²) in [4.78, 5) is 12.5. The highest BCUT2D eigenvalue weighted by Gasteiger charge is 2.31. The second kappa shape index (κ2) is 7.39. The number of carbonyl (C=O) groups excluding carboxylic acids is 1. The van der Waals surface area contributed by atoms with Gasteiger partial charge in [-0.1, -0.05) is 36.4 Å². The first kappa shape index (κ1) is 18.7. The zero-order valence-electron chi connectivity index (χ0n) is 15.6. The minimum absolute atomic E-state index is 0.0221. The van der Waals surface area contributed by atoms with E-state index in [1.54, 1.807) is 36.4 Å². The van der Waals surface area contributed by atoms with Gasteiger partial charge in [-0.25, -0.2) is 0 Å². The lowest BCUT2D eigenvalue weighted by molar-refractivity contribution is 0.0928. The molecule has 1 aliphatic rings. The van der Waals surface area contributed by atoms with Crippen molar-refractivity contribution in [3.63, 3.8) is 0 Å². The lowest BCUT2D eigenvalue weighted by Gasteiger charge is -2.24. The summed E-state index contributed by atoms with van der Waals surface area (Å²) in [6.45, 7) is 0.150. The number of benzene rings is 3. The van der Waals surface area contributed by atoms with E-state index >= 15 is 0 Å². The number of phenolic OH excluding ortho intramolecular Hbond substituents is 4. The van der Waals surface area contributed by atoms with E-state index in [9.17, 15) is 25.2 Å². The molecule has 0 bridgehead atoms. The lowest BCUT2D eigenvalue weighted by atomic mass is 9.89. The minimum atomic E-state index is -0.341. The van der Waals surface area contributed by atoms with Crippen LogP contribution in [-0.2, 0) is 12.8 Å². The van der Waals surface area contributed by atoms with E-state index in [-0.39, 0.29) is 71.5 Å². The Balaban J connectivity index is 1.90. The Bertz CT molecular complexity index is 1100. The van der Waals surface area contributed by atoms with Crippen molar-refractivity contribution in [2.24, 2.45) is 0 Å². The average Bonchev–Trinajstić information content (AvgIpc) is 2.71. The van der Waals surface area contributed by atoms with Crippen LogP contribution in [0.15, 0.2) is 48.5 Å². The van der Waals surface area contributed by atoms with Crippen LogP contribution in [0.5, 0.6) is 28.7 Å². The molecule has 0 amide bonds. The molecule has 0 atom stereocenters. The van der Waals surface area contributed by atoms with Crippen molar-refractivity contribution in [3.8, 4) is 28.7 Å². The smallest absolute Gasteiger partial charge is 0.173 e. The van der Waals surface area contributed by atoms with Crippen LogP contribution in [0.3, 0.4) is 0 Å². The number of rotatable bonds is 4. The average molecular weight is 392 g/mol. The molecular formula is C23H20O6. The van der Waals surface area contributed by atoms with Gasteiger partial charge >= 0.3 is 0 Å². The zero-order chi connectivity index (χ0) is 20.5. The molecule has 148 valence electrons. The van der Waals surface area contributed by atoms with Crippen LogP contribution in [0.2, 0.25) is 0 Å². The Morgan fingerprint density at radius 1 is 0.759 bits per heavy atom. The number of ketones is 1. The summed E-state index contributed by atoms with van der Waals surface area (Å²) in [6.07, 6.45) is 0.262. The van der Waals surface area contributed by atoms with Crippen LogP contribution in [0, 0.1) is 0 Å². The van der Waals surface area contributed by atoms with Gasteiger partial charge < -0.3 is 25.2 Å². The molecule has 6 heteroatoms. The highest BCUT2D eigenvalue weighted by molar-refractivity contribution is 6.03. The maximum Gasteiger partial charge on any atom is 0.173 e. The Morgan fingerprint density at radius 3 is 1.90 bits per heavy atom. The van der Waals surface area contributed by atoms with E-state index in [0.717, 1.165) is 0 Å². The summed E-state index contributed by atoms with van der Waals surface area (Å²) in [5, 5.41) is 42.0. The van der Waals surface area contributed by atoms with Gasteiger partial charge in [0.2, 0.25) is 0 Å². The number of phenols is 4. The standard InChI is InChI=1S/C23H20O6/c24-17-7-3-1-5-13(17)11-15-21(27)16(12-14-6-2-4-8-18(14)25)23-20(22(15)28)19(26)9-10-29-23/h1-8,24-25,27-28H,9-12H2. The molecule has 4 N–H and O–H groups in total. The van der Waals surface area contributed by atoms with Crippen LogP contribution >= 0.6 is 0 Å². The highest BCUT2D eigenvalue weighted by Crippen LogP contribution is 2.47. The van der Waals surface area contributed by atoms with E-state index in [0.29, 0.717) is 16.7 Å². The molecule has 3 aromatic rings. The predicted molar refractivity (Wildman–Crippen MR) is 106 cm³/mol. The maximum absolute atomic E-state index is 12.5. The van der Waals surface area contributed by atoms with Crippen LogP contribution in [0.4, 0.5) is 0 Å². The van der Waals surface area contributed by atoms with E-state index in [1.807, 2.05) is 0 Å². The van der Waals surface area contributed by atoms with Gasteiger partial charge in [0.15, 0.2) is 5.78 Å². The Kier molecular flexibility index (Phi) is 4.76. The molecular weight excluding hydrogens is 372 g/mol. The summed E-state index contributed by atoms with van der Waals surface area (Å²) in [7, 11) is 0. The van der Waals surface area contributed by atoms with E-state index < -0.39 is 0 Å². The summed E-state index contributed by atoms with van der Waals surface area (Å²) in [5.41, 5.74) is 1.53. The molecule has 3 aromatic carbocycles. The van der Waals surface area contributed by atoms with Gasteiger partial charge in [0, 0.05) is 30.4 Å². The van der Waals surface area contributed by atoms with Crippen molar-refractivity contribution in [3.05, 3.63) is 76.3 Å². The monoisotopic (exact) mass is 392 g/mol. The largest absolute Gasteiger partial charge is 0.508 e. The molecule has 0 spiro atoms. The van der Waals surface area contributed by atoms with Crippen LogP contribution in [-0.4, -0.2) is 32.8 Å². The number of aromatic hydroxyl groups is 4. The number of hydrogen-bond acceptors (Lipinski definition) is 6. The van der Waals surface area contributed by atoms with Crippen molar-refractivity contribution < 1.29 is 30.0 Å². The molecule has 0 radical (unpaired) electrons. The highest BCUT2D eigenvalue weighted by atomic mass is 16.5. The first-order valence-electron chi connectivity index (χ1n) is 9.26. The molecule has 0 fully saturated rings. The fraction of sp³-hybridized carbons (Fsp3) is 0.174. The summed E-state index contributed by atoms with van der Waals surface area (Å²) >= 11 is 0. The number of ether oxygens (including phenoxy) is 1. The second-order valence-electron chi connectivity index (χ2n) is 6.99. The van der Waals surface area contributed by atoms with Crippen molar-refractivity contribution in [2.75, 3.05) is 6.61 Å². The number of para-hydroxylation sites is 2. The Labute approximate surface area is 167 Å². The molecule has 0 unspecified atom stereocenters. The van der Waals surface area contributed by atoms with Gasteiger partial charge in [-0.05, 0) is 23.3 Å². The van der Waals surface area contributed by atoms with Crippen molar-refractivity contribution in [1.29, 1.82) is 0 Å². The molecule has 0 aliphatic carbocycles. The SMILES string of the molecule is O=C1CCOc2c(Cc3ccccc3O)c(O)c(Cc3ccccc3O)c(O)c21. The first-order valence-corrected chi connectivity index (χ1v) is 9.26. The second-order valence-corrected chi connectivity index (χ2v) is 6.99. The van der Waals surface area contributed by atoms with Crippen LogP contribution in [0.1, 0.15) is 39.0 Å². The van der Waals surface area contributed by atoms with Crippen molar-refractivity contribution in [2.45, 2.75) is 19.3 Å². The Hall–Kier alpha value is -3.67. The molecule has 0 saturated carbocycles. The first-order chi connectivity index (χ1) is 14.0. The molecule has 0 saturated heterocycles. The van der Waals surface area contributed by atoms with E-state index in [1.165, 1.54) is 12.1 Å². The quantitative estimate of drug-likeness (QED) is 0.540. The summed E-state index contributed by atoms with van der Waals surface area (Å²) < 4.78 is 5.66. The van der Waals surface area contributed by atoms with Gasteiger partial charge in [-0.3, -0.25) is 4.79 Å². The molecule has 0 aromatic heterocycles. The van der Waals surface area contributed by atoms with Gasteiger partial charge in [-0.15, -0.1) is 0 Å². The summed E-state index contributed by atoms with van der Waals surface area (Å²) in [5.74, 6) is -0.623. The topological polar surface area (TPSA) is 107 Å². The normalized spacial score (nSPS) is 13.0. The minimum Gasteiger partial charge on any atom is -0.508 e. The third-order valence-corrected chi connectivity index (χ3v) is 5.17. The van der Waals surface area contributed by atoms with Crippen molar-refractivity contribution >= 4 is 5.78 Å². The fourth-order valence-electron chi connectivity index (χ4n) is 3.63.